The second kappa shape index (κ2) is 4.73. The van der Waals surface area contributed by atoms with Gasteiger partial charge in [-0.3, -0.25) is 4.79 Å². The lowest BCUT2D eigenvalue weighted by Crippen LogP contribution is -2.35. The first-order chi connectivity index (χ1) is 10.3. The second-order valence-electron chi connectivity index (χ2n) is 6.30. The van der Waals surface area contributed by atoms with Crippen molar-refractivity contribution >= 4 is 28.4 Å². The Morgan fingerprint density at radius 1 is 1.27 bits per heavy atom. The second-order valence-corrected chi connectivity index (χ2v) is 6.30. The van der Waals surface area contributed by atoms with Crippen LogP contribution in [-0.2, 0) is 15.0 Å². The van der Waals surface area contributed by atoms with Crippen LogP contribution in [0.15, 0.2) is 30.5 Å². The van der Waals surface area contributed by atoms with Crippen LogP contribution in [0.1, 0.15) is 32.0 Å². The van der Waals surface area contributed by atoms with E-state index in [2.05, 4.69) is 4.98 Å². The number of carboxylic acid groups (broad SMARTS) is 1. The molecule has 0 atom stereocenters. The van der Waals surface area contributed by atoms with Crippen LogP contribution >= 0.6 is 0 Å². The highest BCUT2D eigenvalue weighted by Crippen LogP contribution is 2.39. The quantitative estimate of drug-likeness (QED) is 0.850. The zero-order valence-electron chi connectivity index (χ0n) is 12.8. The lowest BCUT2D eigenvalue weighted by atomic mass is 9.82. The highest BCUT2D eigenvalue weighted by Gasteiger charge is 2.35. The number of nitrogens with one attached hydrogen (secondary N) is 1. The Labute approximate surface area is 128 Å². The van der Waals surface area contributed by atoms with Crippen molar-refractivity contribution in [1.29, 1.82) is 0 Å². The van der Waals surface area contributed by atoms with Crippen molar-refractivity contribution < 1.29 is 14.7 Å². The number of para-hydroxylation sites is 1. The van der Waals surface area contributed by atoms with Crippen molar-refractivity contribution in [2.75, 3.05) is 6.54 Å². The molecule has 0 aliphatic carbocycles. The number of amides is 1. The molecule has 0 bridgehead atoms. The van der Waals surface area contributed by atoms with Gasteiger partial charge in [0.25, 0.3) is 0 Å². The number of aliphatic carboxylic acids is 1. The Morgan fingerprint density at radius 2 is 1.95 bits per heavy atom. The number of fused-ring (bicyclic) bond motifs is 3. The molecule has 1 amide bonds. The Hall–Kier alpha value is -2.56. The maximum absolute atomic E-state index is 11.8. The van der Waals surface area contributed by atoms with Gasteiger partial charge in [-0.2, -0.15) is 0 Å². The molecule has 114 valence electrons. The maximum atomic E-state index is 11.8. The molecule has 2 N–H and O–H groups in total. The van der Waals surface area contributed by atoms with Gasteiger partial charge in [0.2, 0.25) is 5.91 Å². The molecule has 1 aromatic heterocycles. The number of nitrogens with zero attached hydrogens (tertiary/aromatic N) is 1. The third-order valence-electron chi connectivity index (χ3n) is 4.14. The predicted octanol–water partition coefficient (Wildman–Crippen LogP) is 2.73. The lowest BCUT2D eigenvalue weighted by molar-refractivity contribution is -0.130. The van der Waals surface area contributed by atoms with Crippen molar-refractivity contribution in [2.24, 2.45) is 0 Å². The van der Waals surface area contributed by atoms with E-state index in [1.807, 2.05) is 38.1 Å². The van der Waals surface area contributed by atoms with Crippen LogP contribution in [0.25, 0.3) is 16.5 Å². The standard InChI is InChI=1S/C17H18N2O3/c1-10(20)19-8-12(16(21)22)15-14(17(2,3)9-19)11-6-4-5-7-13(11)18-15/h4-8,18H,9H2,1-3H3,(H,21,22). The third kappa shape index (κ3) is 2.09. The Balaban J connectivity index is 2.36. The van der Waals surface area contributed by atoms with E-state index in [4.69, 9.17) is 0 Å². The average molecular weight is 298 g/mol. The SMILES string of the molecule is CC(=O)N1C=C(C(=O)O)c2[nH]c3ccccc3c2C(C)(C)C1. The summed E-state index contributed by atoms with van der Waals surface area (Å²) in [4.78, 5) is 28.2. The fraction of sp³-hybridized carbons (Fsp3) is 0.294. The summed E-state index contributed by atoms with van der Waals surface area (Å²) in [5, 5.41) is 10.6. The Bertz CT molecular complexity index is 814. The molecule has 1 aliphatic rings. The van der Waals surface area contributed by atoms with Gasteiger partial charge in [-0.05, 0) is 11.6 Å². The van der Waals surface area contributed by atoms with Crippen molar-refractivity contribution in [3.8, 4) is 0 Å². The van der Waals surface area contributed by atoms with Gasteiger partial charge in [-0.1, -0.05) is 32.0 Å². The van der Waals surface area contributed by atoms with Gasteiger partial charge >= 0.3 is 5.97 Å². The van der Waals surface area contributed by atoms with Gasteiger partial charge in [0.1, 0.15) is 0 Å². The molecule has 0 fully saturated rings. The number of carbonyl (C=O) groups excluding carboxylic acids is 1. The predicted molar refractivity (Wildman–Crippen MR) is 84.3 cm³/mol. The van der Waals surface area contributed by atoms with E-state index in [1.54, 1.807) is 0 Å². The highest BCUT2D eigenvalue weighted by atomic mass is 16.4. The molecule has 0 spiro atoms. The summed E-state index contributed by atoms with van der Waals surface area (Å²) >= 11 is 0. The molecule has 0 radical (unpaired) electrons. The van der Waals surface area contributed by atoms with Crippen molar-refractivity contribution in [2.45, 2.75) is 26.2 Å². The minimum Gasteiger partial charge on any atom is -0.478 e. The van der Waals surface area contributed by atoms with Crippen LogP contribution < -0.4 is 0 Å². The monoisotopic (exact) mass is 298 g/mol. The fourth-order valence-corrected chi connectivity index (χ4v) is 3.18. The van der Waals surface area contributed by atoms with Crippen molar-refractivity contribution in [1.82, 2.24) is 9.88 Å². The summed E-state index contributed by atoms with van der Waals surface area (Å²) in [7, 11) is 0. The van der Waals surface area contributed by atoms with E-state index in [1.165, 1.54) is 18.0 Å². The molecule has 5 heteroatoms. The van der Waals surface area contributed by atoms with Crippen molar-refractivity contribution in [3.05, 3.63) is 41.7 Å². The van der Waals surface area contributed by atoms with Crippen LogP contribution in [0.5, 0.6) is 0 Å². The molecule has 5 nitrogen and oxygen atoms in total. The van der Waals surface area contributed by atoms with Gasteiger partial charge in [0.05, 0.1) is 11.3 Å². The molecule has 0 saturated carbocycles. The van der Waals surface area contributed by atoms with Gasteiger partial charge in [0, 0.05) is 36.0 Å². The minimum absolute atomic E-state index is 0.118. The summed E-state index contributed by atoms with van der Waals surface area (Å²) in [6, 6.07) is 7.76. The summed E-state index contributed by atoms with van der Waals surface area (Å²) in [5.41, 5.74) is 2.19. The number of benzene rings is 1. The zero-order chi connectivity index (χ0) is 16.1. The van der Waals surface area contributed by atoms with E-state index < -0.39 is 5.97 Å². The first-order valence-electron chi connectivity index (χ1n) is 7.15. The number of carboxylic acids is 1. The Kier molecular flexibility index (Phi) is 3.09. The third-order valence-corrected chi connectivity index (χ3v) is 4.14. The van der Waals surface area contributed by atoms with Gasteiger partial charge in [0.15, 0.2) is 0 Å². The average Bonchev–Trinajstić information content (AvgIpc) is 2.76. The zero-order valence-corrected chi connectivity index (χ0v) is 12.8. The first kappa shape index (κ1) is 14.4. The summed E-state index contributed by atoms with van der Waals surface area (Å²) in [6.07, 6.45) is 1.44. The van der Waals surface area contributed by atoms with Crippen molar-refractivity contribution in [3.63, 3.8) is 0 Å². The van der Waals surface area contributed by atoms with Gasteiger partial charge < -0.3 is 15.0 Å². The molecule has 0 unspecified atom stereocenters. The minimum atomic E-state index is -1.04. The van der Waals surface area contributed by atoms with Crippen LogP contribution in [0.3, 0.4) is 0 Å². The number of aromatic nitrogens is 1. The molecule has 3 rings (SSSR count). The lowest BCUT2D eigenvalue weighted by Gasteiger charge is -2.29. The summed E-state index contributed by atoms with van der Waals surface area (Å²) in [5.74, 6) is -1.21. The van der Waals surface area contributed by atoms with Crippen LogP contribution in [0.2, 0.25) is 0 Å². The van der Waals surface area contributed by atoms with Crippen LogP contribution in [-0.4, -0.2) is 33.4 Å². The molecular formula is C17H18N2O3. The summed E-state index contributed by atoms with van der Waals surface area (Å²) < 4.78 is 0. The largest absolute Gasteiger partial charge is 0.478 e. The van der Waals surface area contributed by atoms with E-state index in [0.717, 1.165) is 16.5 Å². The van der Waals surface area contributed by atoms with Gasteiger partial charge in [-0.25, -0.2) is 4.79 Å². The molecule has 1 aromatic carbocycles. The number of carbonyl (C=O) groups is 2. The summed E-state index contributed by atoms with van der Waals surface area (Å²) in [6.45, 7) is 5.94. The van der Waals surface area contributed by atoms with E-state index in [9.17, 15) is 14.7 Å². The number of H-pyrrole nitrogens is 1. The molecule has 0 saturated heterocycles. The van der Waals surface area contributed by atoms with E-state index >= 15 is 0 Å². The number of rotatable bonds is 1. The van der Waals surface area contributed by atoms with Crippen LogP contribution in [0.4, 0.5) is 0 Å². The fourth-order valence-electron chi connectivity index (χ4n) is 3.18. The highest BCUT2D eigenvalue weighted by molar-refractivity contribution is 6.17. The van der Waals surface area contributed by atoms with Gasteiger partial charge in [-0.15, -0.1) is 0 Å². The molecule has 2 aromatic rings. The molecule has 2 heterocycles. The van der Waals surface area contributed by atoms with E-state index in [-0.39, 0.29) is 16.9 Å². The van der Waals surface area contributed by atoms with Crippen LogP contribution in [0, 0.1) is 0 Å². The molecule has 22 heavy (non-hydrogen) atoms. The number of hydrogen-bond acceptors (Lipinski definition) is 2. The normalized spacial score (nSPS) is 16.9. The Morgan fingerprint density at radius 3 is 2.59 bits per heavy atom. The number of hydrogen-bond donors (Lipinski definition) is 2. The van der Waals surface area contributed by atoms with E-state index in [0.29, 0.717) is 12.2 Å². The molecular weight excluding hydrogens is 280 g/mol. The maximum Gasteiger partial charge on any atom is 0.339 e. The topological polar surface area (TPSA) is 73.4 Å². The number of aromatic amines is 1. The first-order valence-corrected chi connectivity index (χ1v) is 7.15. The molecule has 1 aliphatic heterocycles. The smallest absolute Gasteiger partial charge is 0.339 e.